The highest BCUT2D eigenvalue weighted by Gasteiger charge is 2.42. The second-order valence-electron chi connectivity index (χ2n) is 4.07. The zero-order chi connectivity index (χ0) is 12.7. The lowest BCUT2D eigenvalue weighted by Crippen LogP contribution is -2.36. The monoisotopic (exact) mass is 258 g/mol. The lowest BCUT2D eigenvalue weighted by atomic mass is 10.0. The van der Waals surface area contributed by atoms with E-state index in [0.29, 0.717) is 23.8 Å². The van der Waals surface area contributed by atoms with Crippen LogP contribution in [0.15, 0.2) is 0 Å². The molecule has 0 aromatic heterocycles. The van der Waals surface area contributed by atoms with Crippen LogP contribution in [-0.4, -0.2) is 35.4 Å². The number of carbonyl (C=O) groups is 2. The maximum Gasteiger partial charge on any atom is 0.315 e. The van der Waals surface area contributed by atoms with Crippen LogP contribution in [0.5, 0.6) is 0 Å². The third-order valence-corrected chi connectivity index (χ3v) is 4.51. The van der Waals surface area contributed by atoms with Gasteiger partial charge < -0.3 is 15.4 Å². The lowest BCUT2D eigenvalue weighted by molar-refractivity contribution is -0.107. The number of hydrogen-bond donors (Lipinski definition) is 2. The van der Waals surface area contributed by atoms with Crippen molar-refractivity contribution in [2.45, 2.75) is 56.9 Å². The number of amides is 2. The van der Waals surface area contributed by atoms with Gasteiger partial charge in [0.25, 0.3) is 0 Å². The molecule has 0 radical (unpaired) electrons. The van der Waals surface area contributed by atoms with E-state index in [9.17, 15) is 9.59 Å². The normalized spacial score (nSPS) is 29.8. The summed E-state index contributed by atoms with van der Waals surface area (Å²) in [5.41, 5.74) is 0. The Morgan fingerprint density at radius 2 is 2.12 bits per heavy atom. The smallest absolute Gasteiger partial charge is 0.315 e. The Kier molecular flexibility index (Phi) is 6.40. The number of thioether (sulfide) groups is 1. The van der Waals surface area contributed by atoms with Crippen LogP contribution in [0.1, 0.15) is 39.5 Å². The van der Waals surface area contributed by atoms with Gasteiger partial charge in [0.2, 0.25) is 0 Å². The minimum atomic E-state index is -0.0248. The molecule has 5 heteroatoms. The van der Waals surface area contributed by atoms with Crippen LogP contribution in [0, 0.1) is 0 Å². The highest BCUT2D eigenvalue weighted by molar-refractivity contribution is 8.00. The number of hydrogen-bond acceptors (Lipinski definition) is 3. The number of aldehydes is 1. The second kappa shape index (κ2) is 7.58. The van der Waals surface area contributed by atoms with Crippen LogP contribution in [0.2, 0.25) is 0 Å². The van der Waals surface area contributed by atoms with Crippen molar-refractivity contribution in [1.82, 2.24) is 10.6 Å². The maximum absolute atomic E-state index is 11.1. The highest BCUT2D eigenvalue weighted by atomic mass is 32.2. The van der Waals surface area contributed by atoms with Crippen molar-refractivity contribution in [3.05, 3.63) is 0 Å². The molecule has 2 heterocycles. The third kappa shape index (κ3) is 3.91. The molecule has 2 amide bonds. The predicted molar refractivity (Wildman–Crippen MR) is 71.4 cm³/mol. The molecular weight excluding hydrogens is 236 g/mol. The van der Waals surface area contributed by atoms with E-state index in [2.05, 4.69) is 10.6 Å². The lowest BCUT2D eigenvalue weighted by Gasteiger charge is -2.15. The summed E-state index contributed by atoms with van der Waals surface area (Å²) in [6, 6.07) is 0.598. The highest BCUT2D eigenvalue weighted by Crippen LogP contribution is 2.33. The maximum atomic E-state index is 11.1. The molecule has 17 heavy (non-hydrogen) atoms. The zero-order valence-electron chi connectivity index (χ0n) is 10.6. The van der Waals surface area contributed by atoms with Crippen molar-refractivity contribution >= 4 is 24.1 Å². The summed E-state index contributed by atoms with van der Waals surface area (Å²) in [6.45, 7) is 4.00. The van der Waals surface area contributed by atoms with Gasteiger partial charge in [0.1, 0.15) is 6.29 Å². The van der Waals surface area contributed by atoms with Gasteiger partial charge in [0.15, 0.2) is 0 Å². The van der Waals surface area contributed by atoms with Crippen LogP contribution in [0.3, 0.4) is 0 Å². The molecule has 2 aliphatic heterocycles. The van der Waals surface area contributed by atoms with E-state index in [1.165, 1.54) is 0 Å². The van der Waals surface area contributed by atoms with Crippen LogP contribution < -0.4 is 10.6 Å². The average molecular weight is 258 g/mol. The first-order chi connectivity index (χ1) is 8.31. The van der Waals surface area contributed by atoms with Crippen molar-refractivity contribution in [3.63, 3.8) is 0 Å². The van der Waals surface area contributed by atoms with Crippen LogP contribution in [0.4, 0.5) is 4.79 Å². The Morgan fingerprint density at radius 3 is 2.82 bits per heavy atom. The molecule has 98 valence electrons. The SMILES string of the molecule is CC.O=CCCCC[C@@H]1SC[C@@H]2NC(=O)N[C@@H]21. The topological polar surface area (TPSA) is 58.2 Å². The fraction of sp³-hybridized carbons (Fsp3) is 0.833. The Balaban J connectivity index is 0.000000686. The van der Waals surface area contributed by atoms with E-state index in [1.807, 2.05) is 25.6 Å². The molecule has 0 spiro atoms. The molecule has 0 aromatic rings. The zero-order valence-corrected chi connectivity index (χ0v) is 11.4. The van der Waals surface area contributed by atoms with Gasteiger partial charge in [0.05, 0.1) is 12.1 Å². The molecule has 2 aliphatic rings. The second-order valence-corrected chi connectivity index (χ2v) is 5.35. The number of carbonyl (C=O) groups excluding carboxylic acids is 2. The van der Waals surface area contributed by atoms with Gasteiger partial charge in [-0.1, -0.05) is 20.3 Å². The number of unbranched alkanes of at least 4 members (excludes halogenated alkanes) is 2. The Labute approximate surface area is 107 Å². The molecule has 0 saturated carbocycles. The fourth-order valence-corrected chi connectivity index (χ4v) is 3.76. The molecule has 2 saturated heterocycles. The minimum absolute atomic E-state index is 0.0248. The summed E-state index contributed by atoms with van der Waals surface area (Å²) >= 11 is 1.93. The van der Waals surface area contributed by atoms with Crippen molar-refractivity contribution in [3.8, 4) is 0 Å². The van der Waals surface area contributed by atoms with E-state index in [1.54, 1.807) is 0 Å². The number of rotatable bonds is 5. The summed E-state index contributed by atoms with van der Waals surface area (Å²) in [5.74, 6) is 1.02. The van der Waals surface area contributed by atoms with Gasteiger partial charge in [-0.3, -0.25) is 0 Å². The molecule has 2 N–H and O–H groups in total. The summed E-state index contributed by atoms with van der Waals surface area (Å²) in [4.78, 5) is 21.3. The third-order valence-electron chi connectivity index (χ3n) is 3.00. The molecule has 0 aromatic carbocycles. The standard InChI is InChI=1S/C10H16N2O2S.C2H6/c13-5-3-1-2-4-8-9-7(6-15-8)11-10(14)12-9;1-2/h5,7-9H,1-4,6H2,(H2,11,12,14);1-2H3/t7-,8-,9-;/m0./s1. The van der Waals surface area contributed by atoms with Gasteiger partial charge >= 0.3 is 6.03 Å². The van der Waals surface area contributed by atoms with Crippen molar-refractivity contribution in [2.24, 2.45) is 0 Å². The van der Waals surface area contributed by atoms with Crippen LogP contribution >= 0.6 is 11.8 Å². The van der Waals surface area contributed by atoms with E-state index in [0.717, 1.165) is 31.3 Å². The average Bonchev–Trinajstić information content (AvgIpc) is 2.87. The summed E-state index contributed by atoms with van der Waals surface area (Å²) in [7, 11) is 0. The first-order valence-electron chi connectivity index (χ1n) is 6.43. The molecule has 3 atom stereocenters. The Morgan fingerprint density at radius 1 is 1.35 bits per heavy atom. The van der Waals surface area contributed by atoms with Gasteiger partial charge in [-0.05, 0) is 12.8 Å². The number of urea groups is 1. The van der Waals surface area contributed by atoms with Gasteiger partial charge in [-0.15, -0.1) is 0 Å². The molecule has 0 bridgehead atoms. The van der Waals surface area contributed by atoms with Crippen LogP contribution in [0.25, 0.3) is 0 Å². The Bertz CT molecular complexity index is 261. The molecule has 2 rings (SSSR count). The number of nitrogens with one attached hydrogen (secondary N) is 2. The van der Waals surface area contributed by atoms with E-state index >= 15 is 0 Å². The van der Waals surface area contributed by atoms with Crippen molar-refractivity contribution < 1.29 is 9.59 Å². The predicted octanol–water partition coefficient (Wildman–Crippen LogP) is 1.94. The van der Waals surface area contributed by atoms with Crippen LogP contribution in [-0.2, 0) is 4.79 Å². The molecular formula is C12H22N2O2S. The van der Waals surface area contributed by atoms with Crippen molar-refractivity contribution in [2.75, 3.05) is 5.75 Å². The molecule has 0 unspecified atom stereocenters. The molecule has 2 fully saturated rings. The molecule has 0 aliphatic carbocycles. The van der Waals surface area contributed by atoms with Gasteiger partial charge in [-0.25, -0.2) is 4.79 Å². The van der Waals surface area contributed by atoms with Crippen molar-refractivity contribution in [1.29, 1.82) is 0 Å². The van der Waals surface area contributed by atoms with E-state index in [-0.39, 0.29) is 6.03 Å². The largest absolute Gasteiger partial charge is 0.332 e. The first kappa shape index (κ1) is 14.4. The summed E-state index contributed by atoms with van der Waals surface area (Å²) < 4.78 is 0. The molecule has 4 nitrogen and oxygen atoms in total. The Hall–Kier alpha value is -0.710. The fourth-order valence-electron chi connectivity index (χ4n) is 2.22. The van der Waals surface area contributed by atoms with E-state index < -0.39 is 0 Å². The van der Waals surface area contributed by atoms with Gasteiger partial charge in [-0.2, -0.15) is 11.8 Å². The quantitative estimate of drug-likeness (QED) is 0.450. The van der Waals surface area contributed by atoms with Gasteiger partial charge in [0, 0.05) is 17.4 Å². The summed E-state index contributed by atoms with van der Waals surface area (Å²) in [6.07, 6.45) is 4.79. The van der Waals surface area contributed by atoms with E-state index in [4.69, 9.17) is 0 Å². The first-order valence-corrected chi connectivity index (χ1v) is 7.48. The number of fused-ring (bicyclic) bond motifs is 1. The summed E-state index contributed by atoms with van der Waals surface area (Å²) in [5, 5.41) is 6.42. The minimum Gasteiger partial charge on any atom is -0.332 e.